The van der Waals surface area contributed by atoms with Crippen LogP contribution in [0.4, 0.5) is 5.69 Å². The first-order valence-electron chi connectivity index (χ1n) is 9.95. The van der Waals surface area contributed by atoms with Crippen LogP contribution in [0.2, 0.25) is 0 Å². The molecule has 0 saturated heterocycles. The molecule has 152 valence electrons. The Kier molecular flexibility index (Phi) is 5.08. The third kappa shape index (κ3) is 4.22. The number of hydrogen-bond acceptors (Lipinski definition) is 4. The maximum absolute atomic E-state index is 12.4. The van der Waals surface area contributed by atoms with E-state index in [4.69, 9.17) is 0 Å². The number of H-pyrrole nitrogens is 1. The lowest BCUT2D eigenvalue weighted by Gasteiger charge is -2.18. The van der Waals surface area contributed by atoms with Gasteiger partial charge in [0.2, 0.25) is 5.91 Å². The molecule has 0 atom stereocenters. The molecule has 30 heavy (non-hydrogen) atoms. The number of aryl methyl sites for hydroxylation is 1. The van der Waals surface area contributed by atoms with Crippen molar-refractivity contribution in [3.63, 3.8) is 0 Å². The second-order valence-corrected chi connectivity index (χ2v) is 8.49. The van der Waals surface area contributed by atoms with Crippen LogP contribution >= 0.6 is 0 Å². The molecule has 1 aromatic carbocycles. The van der Waals surface area contributed by atoms with Crippen molar-refractivity contribution in [2.45, 2.75) is 39.5 Å². The fourth-order valence-electron chi connectivity index (χ4n) is 3.30. The first-order chi connectivity index (χ1) is 14.3. The van der Waals surface area contributed by atoms with Gasteiger partial charge in [-0.25, -0.2) is 9.97 Å². The lowest BCUT2D eigenvalue weighted by Crippen LogP contribution is -2.16. The number of rotatable bonds is 4. The Morgan fingerprint density at radius 3 is 2.43 bits per heavy atom. The number of aromatic nitrogens is 4. The predicted molar refractivity (Wildman–Crippen MR) is 119 cm³/mol. The molecular formula is C24H25N5O. The van der Waals surface area contributed by atoms with Crippen LogP contribution in [0.3, 0.4) is 0 Å². The van der Waals surface area contributed by atoms with Crippen LogP contribution in [0.25, 0.3) is 22.3 Å². The minimum absolute atomic E-state index is 0.0474. The number of nitrogens with zero attached hydrogens (tertiary/aromatic N) is 3. The van der Waals surface area contributed by atoms with Gasteiger partial charge in [-0.05, 0) is 47.7 Å². The second kappa shape index (κ2) is 7.71. The van der Waals surface area contributed by atoms with Gasteiger partial charge in [-0.2, -0.15) is 0 Å². The average Bonchev–Trinajstić information content (AvgIpc) is 3.14. The van der Waals surface area contributed by atoms with Gasteiger partial charge >= 0.3 is 0 Å². The summed E-state index contributed by atoms with van der Waals surface area (Å²) in [5.41, 5.74) is 6.45. The summed E-state index contributed by atoms with van der Waals surface area (Å²) < 4.78 is 0. The summed E-state index contributed by atoms with van der Waals surface area (Å²) in [6.45, 7) is 8.39. The lowest BCUT2D eigenvalue weighted by atomic mass is 9.88. The maximum Gasteiger partial charge on any atom is 0.230 e. The largest absolute Gasteiger partial charge is 0.339 e. The van der Waals surface area contributed by atoms with Gasteiger partial charge in [0.15, 0.2) is 0 Å². The maximum atomic E-state index is 12.4. The fourth-order valence-corrected chi connectivity index (χ4v) is 3.30. The third-order valence-corrected chi connectivity index (χ3v) is 5.14. The first-order valence-corrected chi connectivity index (χ1v) is 9.95. The van der Waals surface area contributed by atoms with E-state index >= 15 is 0 Å². The highest BCUT2D eigenvalue weighted by molar-refractivity contribution is 5.92. The van der Waals surface area contributed by atoms with Gasteiger partial charge in [-0.1, -0.05) is 39.0 Å². The summed E-state index contributed by atoms with van der Waals surface area (Å²) in [5, 5.41) is 3.95. The molecule has 0 unspecified atom stereocenters. The van der Waals surface area contributed by atoms with E-state index < -0.39 is 0 Å². The Morgan fingerprint density at radius 2 is 1.80 bits per heavy atom. The van der Waals surface area contributed by atoms with Crippen molar-refractivity contribution in [2.24, 2.45) is 0 Å². The van der Waals surface area contributed by atoms with Crippen molar-refractivity contribution in [3.8, 4) is 11.3 Å². The minimum atomic E-state index is -0.0877. The van der Waals surface area contributed by atoms with Crippen molar-refractivity contribution >= 4 is 22.6 Å². The molecule has 0 saturated carbocycles. The van der Waals surface area contributed by atoms with Gasteiger partial charge in [-0.3, -0.25) is 9.78 Å². The number of anilines is 1. The Balaban J connectivity index is 1.42. The van der Waals surface area contributed by atoms with Crippen LogP contribution in [0.1, 0.15) is 37.7 Å². The van der Waals surface area contributed by atoms with E-state index in [1.807, 2.05) is 55.6 Å². The summed E-state index contributed by atoms with van der Waals surface area (Å²) in [6, 6.07) is 13.7. The van der Waals surface area contributed by atoms with Crippen LogP contribution in [-0.4, -0.2) is 25.8 Å². The van der Waals surface area contributed by atoms with E-state index in [1.54, 1.807) is 6.33 Å². The van der Waals surface area contributed by atoms with E-state index in [9.17, 15) is 4.79 Å². The SMILES string of the molecule is Cc1ncnc2[nH]c(-c3ccc(NC(=O)Cc4ccc(C(C)(C)C)cn4)cc3)cc12. The zero-order chi connectivity index (χ0) is 21.3. The number of hydrogen-bond donors (Lipinski definition) is 2. The van der Waals surface area contributed by atoms with Crippen LogP contribution < -0.4 is 5.32 Å². The van der Waals surface area contributed by atoms with Crippen LogP contribution in [0.5, 0.6) is 0 Å². The highest BCUT2D eigenvalue weighted by Gasteiger charge is 2.14. The third-order valence-electron chi connectivity index (χ3n) is 5.14. The molecule has 0 aliphatic heterocycles. The van der Waals surface area contributed by atoms with Gasteiger partial charge in [-0.15, -0.1) is 0 Å². The Labute approximate surface area is 175 Å². The van der Waals surface area contributed by atoms with E-state index in [0.717, 1.165) is 44.9 Å². The highest BCUT2D eigenvalue weighted by atomic mass is 16.1. The summed E-state index contributed by atoms with van der Waals surface area (Å²) in [4.78, 5) is 28.6. The van der Waals surface area contributed by atoms with Gasteiger partial charge in [0.25, 0.3) is 0 Å². The standard InChI is InChI=1S/C24H25N5O/c1-15-20-12-21(29-23(20)27-14-26-15)16-5-8-18(9-6-16)28-22(30)11-19-10-7-17(13-25-19)24(2,3)4/h5-10,12-14H,11H2,1-4H3,(H,28,30)(H,26,27,29). The van der Waals surface area contributed by atoms with E-state index in [1.165, 1.54) is 0 Å². The smallest absolute Gasteiger partial charge is 0.230 e. The van der Waals surface area contributed by atoms with E-state index in [2.05, 4.69) is 46.0 Å². The molecule has 3 heterocycles. The number of benzene rings is 1. The zero-order valence-corrected chi connectivity index (χ0v) is 17.7. The molecular weight excluding hydrogens is 374 g/mol. The Bertz CT molecular complexity index is 1190. The molecule has 0 aliphatic carbocycles. The molecule has 6 nitrogen and oxygen atoms in total. The molecule has 4 aromatic rings. The molecule has 0 fully saturated rings. The quantitative estimate of drug-likeness (QED) is 0.516. The molecule has 4 rings (SSSR count). The van der Waals surface area contributed by atoms with Gasteiger partial charge in [0.05, 0.1) is 12.1 Å². The zero-order valence-electron chi connectivity index (χ0n) is 17.7. The number of amides is 1. The summed E-state index contributed by atoms with van der Waals surface area (Å²) in [5.74, 6) is -0.0877. The molecule has 0 radical (unpaired) electrons. The first kappa shape index (κ1) is 19.8. The topological polar surface area (TPSA) is 83.6 Å². The molecule has 1 amide bonds. The second-order valence-electron chi connectivity index (χ2n) is 8.49. The van der Waals surface area contributed by atoms with E-state index in [-0.39, 0.29) is 17.7 Å². The average molecular weight is 399 g/mol. The Hall–Kier alpha value is -3.54. The molecule has 0 spiro atoms. The number of carbonyl (C=O) groups excluding carboxylic acids is 1. The van der Waals surface area contributed by atoms with Gasteiger partial charge in [0, 0.05) is 28.7 Å². The van der Waals surface area contributed by atoms with Crippen molar-refractivity contribution in [2.75, 3.05) is 5.32 Å². The fraction of sp³-hybridized carbons (Fsp3) is 0.250. The predicted octanol–water partition coefficient (Wildman–Crippen LogP) is 4.81. The number of carbonyl (C=O) groups is 1. The van der Waals surface area contributed by atoms with Crippen molar-refractivity contribution in [3.05, 3.63) is 71.9 Å². The van der Waals surface area contributed by atoms with Gasteiger partial charge < -0.3 is 10.3 Å². The monoisotopic (exact) mass is 399 g/mol. The van der Waals surface area contributed by atoms with Crippen molar-refractivity contribution in [1.82, 2.24) is 19.9 Å². The van der Waals surface area contributed by atoms with E-state index in [0.29, 0.717) is 0 Å². The number of pyridine rings is 1. The normalized spacial score (nSPS) is 11.6. The van der Waals surface area contributed by atoms with Crippen LogP contribution in [-0.2, 0) is 16.6 Å². The van der Waals surface area contributed by atoms with Crippen LogP contribution in [0, 0.1) is 6.92 Å². The van der Waals surface area contributed by atoms with Crippen LogP contribution in [0.15, 0.2) is 55.0 Å². The molecule has 2 N–H and O–H groups in total. The summed E-state index contributed by atoms with van der Waals surface area (Å²) >= 11 is 0. The van der Waals surface area contributed by atoms with Crippen molar-refractivity contribution in [1.29, 1.82) is 0 Å². The Morgan fingerprint density at radius 1 is 1.03 bits per heavy atom. The number of fused-ring (bicyclic) bond motifs is 1. The van der Waals surface area contributed by atoms with Crippen molar-refractivity contribution < 1.29 is 4.79 Å². The molecule has 6 heteroatoms. The number of nitrogens with one attached hydrogen (secondary N) is 2. The van der Waals surface area contributed by atoms with Gasteiger partial charge in [0.1, 0.15) is 12.0 Å². The highest BCUT2D eigenvalue weighted by Crippen LogP contribution is 2.25. The summed E-state index contributed by atoms with van der Waals surface area (Å²) in [7, 11) is 0. The lowest BCUT2D eigenvalue weighted by molar-refractivity contribution is -0.115. The molecule has 0 bridgehead atoms. The minimum Gasteiger partial charge on any atom is -0.339 e. The number of aromatic amines is 1. The molecule has 0 aliphatic rings. The summed E-state index contributed by atoms with van der Waals surface area (Å²) in [6.07, 6.45) is 3.65. The molecule has 3 aromatic heterocycles.